The van der Waals surface area contributed by atoms with E-state index in [1.807, 2.05) is 0 Å². The molecular formula is C13H13N3O4. The Hall–Kier alpha value is -2.41. The minimum atomic E-state index is -1.14. The first-order chi connectivity index (χ1) is 9.47. The molecule has 0 saturated carbocycles. The van der Waals surface area contributed by atoms with E-state index < -0.39 is 6.10 Å². The molecule has 0 aliphatic carbocycles. The molecule has 1 aromatic rings. The first-order valence-corrected chi connectivity index (χ1v) is 6.14. The standard InChI is InChI=1S/C13H13N3O4/c1-15-9-4-7(2-3-8(9)12(19)13(15)20)16-5-10(17)14-11(18)6-16/h2-4,12,19H,5-6H2,1H3,(H,14,17,18). The number of nitrogens with one attached hydrogen (secondary N) is 1. The van der Waals surface area contributed by atoms with Gasteiger partial charge < -0.3 is 14.9 Å². The van der Waals surface area contributed by atoms with Crippen LogP contribution in [0.15, 0.2) is 18.2 Å². The molecule has 3 amide bonds. The number of nitrogens with zero attached hydrogens (tertiary/aromatic N) is 2. The third-order valence-corrected chi connectivity index (χ3v) is 3.55. The van der Waals surface area contributed by atoms with Gasteiger partial charge in [0.15, 0.2) is 6.10 Å². The minimum Gasteiger partial charge on any atom is -0.378 e. The normalized spacial score (nSPS) is 22.1. The summed E-state index contributed by atoms with van der Waals surface area (Å²) in [5, 5.41) is 12.0. The van der Waals surface area contributed by atoms with Gasteiger partial charge in [0.25, 0.3) is 5.91 Å². The van der Waals surface area contributed by atoms with Crippen molar-refractivity contribution in [1.82, 2.24) is 5.32 Å². The summed E-state index contributed by atoms with van der Waals surface area (Å²) in [6, 6.07) is 5.05. The zero-order valence-corrected chi connectivity index (χ0v) is 10.8. The molecule has 3 rings (SSSR count). The van der Waals surface area contributed by atoms with Crippen molar-refractivity contribution >= 4 is 29.1 Å². The molecule has 0 aromatic heterocycles. The lowest BCUT2D eigenvalue weighted by atomic mass is 10.1. The molecule has 7 heteroatoms. The highest BCUT2D eigenvalue weighted by Gasteiger charge is 2.34. The van der Waals surface area contributed by atoms with Crippen molar-refractivity contribution in [3.8, 4) is 0 Å². The lowest BCUT2D eigenvalue weighted by Gasteiger charge is -2.28. The fourth-order valence-corrected chi connectivity index (χ4v) is 2.51. The molecule has 0 radical (unpaired) electrons. The highest BCUT2D eigenvalue weighted by molar-refractivity contribution is 6.05. The molecular weight excluding hydrogens is 262 g/mol. The van der Waals surface area contributed by atoms with Crippen LogP contribution in [-0.4, -0.2) is 43.0 Å². The molecule has 7 nitrogen and oxygen atoms in total. The Balaban J connectivity index is 1.96. The number of fused-ring (bicyclic) bond motifs is 1. The van der Waals surface area contributed by atoms with Crippen LogP contribution in [0.25, 0.3) is 0 Å². The summed E-state index contributed by atoms with van der Waals surface area (Å²) in [6.45, 7) is 0.176. The number of rotatable bonds is 1. The molecule has 104 valence electrons. The first kappa shape index (κ1) is 12.6. The van der Waals surface area contributed by atoms with Gasteiger partial charge in [0.05, 0.1) is 18.8 Å². The predicted octanol–water partition coefficient (Wildman–Crippen LogP) is -0.841. The number of hydrogen-bond donors (Lipinski definition) is 2. The Morgan fingerprint density at radius 2 is 1.85 bits per heavy atom. The number of hydrogen-bond acceptors (Lipinski definition) is 5. The Kier molecular flexibility index (Phi) is 2.72. The van der Waals surface area contributed by atoms with Crippen LogP contribution in [0.2, 0.25) is 0 Å². The number of imide groups is 1. The number of carbonyl (C=O) groups excluding carboxylic acids is 3. The number of piperazine rings is 1. The van der Waals surface area contributed by atoms with Gasteiger partial charge in [-0.25, -0.2) is 0 Å². The second-order valence-corrected chi connectivity index (χ2v) is 4.87. The number of benzene rings is 1. The van der Waals surface area contributed by atoms with Crippen molar-refractivity contribution in [2.45, 2.75) is 6.10 Å². The van der Waals surface area contributed by atoms with Crippen molar-refractivity contribution in [2.24, 2.45) is 0 Å². The van der Waals surface area contributed by atoms with Crippen molar-refractivity contribution in [2.75, 3.05) is 29.9 Å². The minimum absolute atomic E-state index is 0.0880. The Morgan fingerprint density at radius 3 is 2.50 bits per heavy atom. The van der Waals surface area contributed by atoms with Crippen LogP contribution in [0, 0.1) is 0 Å². The Labute approximate surface area is 114 Å². The lowest BCUT2D eigenvalue weighted by Crippen LogP contribution is -2.51. The molecule has 1 saturated heterocycles. The Morgan fingerprint density at radius 1 is 1.20 bits per heavy atom. The van der Waals surface area contributed by atoms with E-state index in [4.69, 9.17) is 0 Å². The SMILES string of the molecule is CN1C(=O)C(O)c2ccc(N3CC(=O)NC(=O)C3)cc21. The van der Waals surface area contributed by atoms with Crippen LogP contribution in [0.1, 0.15) is 11.7 Å². The lowest BCUT2D eigenvalue weighted by molar-refractivity contribution is -0.130. The predicted molar refractivity (Wildman–Crippen MR) is 70.2 cm³/mol. The molecule has 2 heterocycles. The number of likely N-dealkylation sites (N-methyl/N-ethyl adjacent to an activating group) is 1. The van der Waals surface area contributed by atoms with Gasteiger partial charge in [0.2, 0.25) is 11.8 Å². The molecule has 1 aromatic carbocycles. The molecule has 0 spiro atoms. The van der Waals surface area contributed by atoms with Gasteiger partial charge in [-0.3, -0.25) is 19.7 Å². The molecule has 2 aliphatic rings. The van der Waals surface area contributed by atoms with E-state index in [2.05, 4.69) is 5.32 Å². The maximum atomic E-state index is 11.7. The average Bonchev–Trinajstić information content (AvgIpc) is 2.62. The number of aliphatic hydroxyl groups excluding tert-OH is 1. The largest absolute Gasteiger partial charge is 0.378 e. The van der Waals surface area contributed by atoms with E-state index in [9.17, 15) is 19.5 Å². The molecule has 20 heavy (non-hydrogen) atoms. The van der Waals surface area contributed by atoms with E-state index >= 15 is 0 Å². The summed E-state index contributed by atoms with van der Waals surface area (Å²) in [5.41, 5.74) is 1.80. The molecule has 1 atom stereocenters. The summed E-state index contributed by atoms with van der Waals surface area (Å²) in [4.78, 5) is 37.5. The zero-order valence-electron chi connectivity index (χ0n) is 10.8. The molecule has 2 aliphatic heterocycles. The number of anilines is 2. The highest BCUT2D eigenvalue weighted by Crippen LogP contribution is 2.37. The second-order valence-electron chi connectivity index (χ2n) is 4.87. The third kappa shape index (κ3) is 1.83. The van der Waals surface area contributed by atoms with Crippen LogP contribution < -0.4 is 15.1 Å². The van der Waals surface area contributed by atoms with E-state index in [0.29, 0.717) is 16.9 Å². The van der Waals surface area contributed by atoms with Gasteiger partial charge in [0.1, 0.15) is 0 Å². The maximum Gasteiger partial charge on any atom is 0.260 e. The van der Waals surface area contributed by atoms with Gasteiger partial charge >= 0.3 is 0 Å². The van der Waals surface area contributed by atoms with Crippen molar-refractivity contribution in [3.05, 3.63) is 23.8 Å². The van der Waals surface area contributed by atoms with Crippen molar-refractivity contribution < 1.29 is 19.5 Å². The van der Waals surface area contributed by atoms with E-state index in [0.717, 1.165) is 0 Å². The van der Waals surface area contributed by atoms with Gasteiger partial charge in [-0.1, -0.05) is 6.07 Å². The number of amides is 3. The summed E-state index contributed by atoms with van der Waals surface area (Å²) in [6.07, 6.45) is -1.14. The van der Waals surface area contributed by atoms with Gasteiger partial charge in [-0.05, 0) is 12.1 Å². The maximum absolute atomic E-state index is 11.7. The summed E-state index contributed by atoms with van der Waals surface area (Å²) < 4.78 is 0. The number of carbonyl (C=O) groups is 3. The fraction of sp³-hybridized carbons (Fsp3) is 0.308. The van der Waals surface area contributed by atoms with E-state index in [-0.39, 0.29) is 30.8 Å². The van der Waals surface area contributed by atoms with E-state index in [1.165, 1.54) is 4.90 Å². The number of aliphatic hydroxyl groups is 1. The molecule has 1 unspecified atom stereocenters. The van der Waals surface area contributed by atoms with Crippen LogP contribution in [0.5, 0.6) is 0 Å². The summed E-state index contributed by atoms with van der Waals surface area (Å²) in [5.74, 6) is -1.10. The van der Waals surface area contributed by atoms with Crippen LogP contribution >= 0.6 is 0 Å². The van der Waals surface area contributed by atoms with Crippen LogP contribution in [0.3, 0.4) is 0 Å². The third-order valence-electron chi connectivity index (χ3n) is 3.55. The summed E-state index contributed by atoms with van der Waals surface area (Å²) >= 11 is 0. The smallest absolute Gasteiger partial charge is 0.260 e. The van der Waals surface area contributed by atoms with Crippen molar-refractivity contribution in [3.63, 3.8) is 0 Å². The fourth-order valence-electron chi connectivity index (χ4n) is 2.51. The van der Waals surface area contributed by atoms with E-state index in [1.54, 1.807) is 30.1 Å². The second kappa shape index (κ2) is 4.31. The highest BCUT2D eigenvalue weighted by atomic mass is 16.3. The van der Waals surface area contributed by atoms with Crippen LogP contribution in [0.4, 0.5) is 11.4 Å². The van der Waals surface area contributed by atoms with Crippen molar-refractivity contribution in [1.29, 1.82) is 0 Å². The topological polar surface area (TPSA) is 90.0 Å². The Bertz CT molecular complexity index is 612. The molecule has 2 N–H and O–H groups in total. The molecule has 0 bridgehead atoms. The van der Waals surface area contributed by atoms with Crippen LogP contribution in [-0.2, 0) is 14.4 Å². The average molecular weight is 275 g/mol. The quantitative estimate of drug-likeness (QED) is 0.652. The monoisotopic (exact) mass is 275 g/mol. The van der Waals surface area contributed by atoms with Gasteiger partial charge in [0, 0.05) is 18.3 Å². The van der Waals surface area contributed by atoms with Gasteiger partial charge in [-0.15, -0.1) is 0 Å². The zero-order chi connectivity index (χ0) is 14.4. The first-order valence-electron chi connectivity index (χ1n) is 6.14. The van der Waals surface area contributed by atoms with Gasteiger partial charge in [-0.2, -0.15) is 0 Å². The molecule has 1 fully saturated rings. The summed E-state index contributed by atoms with van der Waals surface area (Å²) in [7, 11) is 1.58.